The molecule has 1 atom stereocenters. The van der Waals surface area contributed by atoms with Crippen molar-refractivity contribution in [3.05, 3.63) is 0 Å². The number of amides is 2. The fourth-order valence-corrected chi connectivity index (χ4v) is 1.81. The van der Waals surface area contributed by atoms with Crippen LogP contribution in [0.5, 0.6) is 0 Å². The van der Waals surface area contributed by atoms with Crippen LogP contribution in [-0.2, 0) is 9.59 Å². The molecule has 86 valence electrons. The summed E-state index contributed by atoms with van der Waals surface area (Å²) in [5.41, 5.74) is 4.86. The van der Waals surface area contributed by atoms with E-state index in [9.17, 15) is 9.59 Å². The minimum atomic E-state index is -1.28. The maximum atomic E-state index is 11.6. The molecule has 0 bridgehead atoms. The number of rotatable bonds is 4. The van der Waals surface area contributed by atoms with Crippen molar-refractivity contribution in [2.45, 2.75) is 38.2 Å². The number of carbonyl (C=O) groups is 2. The van der Waals surface area contributed by atoms with E-state index < -0.39 is 12.0 Å². The van der Waals surface area contributed by atoms with Gasteiger partial charge in [0, 0.05) is 5.92 Å². The number of primary amides is 1. The maximum Gasteiger partial charge on any atom is 0.248 e. The summed E-state index contributed by atoms with van der Waals surface area (Å²) in [6.45, 7) is -0.0787. The Morgan fingerprint density at radius 2 is 1.93 bits per heavy atom. The number of aliphatic hydroxyl groups is 1. The van der Waals surface area contributed by atoms with Crippen LogP contribution in [0.1, 0.15) is 32.1 Å². The van der Waals surface area contributed by atoms with Crippen molar-refractivity contribution in [2.24, 2.45) is 11.7 Å². The lowest BCUT2D eigenvalue weighted by molar-refractivity contribution is -0.128. The van der Waals surface area contributed by atoms with Crippen LogP contribution in [-0.4, -0.2) is 29.6 Å². The average molecular weight is 214 g/mol. The second kappa shape index (κ2) is 5.70. The van der Waals surface area contributed by atoms with Gasteiger partial charge < -0.3 is 16.2 Å². The minimum absolute atomic E-state index is 0.0406. The Labute approximate surface area is 89.0 Å². The van der Waals surface area contributed by atoms with Crippen LogP contribution in [0.4, 0.5) is 0 Å². The smallest absolute Gasteiger partial charge is 0.248 e. The summed E-state index contributed by atoms with van der Waals surface area (Å²) in [5.74, 6) is -0.840. The molecular weight excluding hydrogens is 196 g/mol. The third-order valence-electron chi connectivity index (χ3n) is 2.77. The molecule has 0 aromatic rings. The summed E-state index contributed by atoms with van der Waals surface area (Å²) in [5, 5.41) is 11.6. The van der Waals surface area contributed by atoms with Crippen LogP contribution in [0.25, 0.3) is 0 Å². The van der Waals surface area contributed by atoms with Gasteiger partial charge in [0.1, 0.15) is 6.10 Å². The first kappa shape index (κ1) is 12.0. The minimum Gasteiger partial charge on any atom is -0.381 e. The second-order valence-electron chi connectivity index (χ2n) is 4.00. The van der Waals surface area contributed by atoms with Gasteiger partial charge in [0.05, 0.1) is 6.54 Å². The molecule has 1 aliphatic carbocycles. The normalized spacial score (nSPS) is 19.5. The molecule has 15 heavy (non-hydrogen) atoms. The summed E-state index contributed by atoms with van der Waals surface area (Å²) in [6, 6.07) is 0. The van der Waals surface area contributed by atoms with Crippen LogP contribution >= 0.6 is 0 Å². The van der Waals surface area contributed by atoms with E-state index in [0.29, 0.717) is 0 Å². The van der Waals surface area contributed by atoms with Crippen molar-refractivity contribution < 1.29 is 14.7 Å². The number of nitrogens with two attached hydrogens (primary N) is 1. The highest BCUT2D eigenvalue weighted by molar-refractivity contribution is 5.81. The van der Waals surface area contributed by atoms with Crippen LogP contribution < -0.4 is 11.1 Å². The summed E-state index contributed by atoms with van der Waals surface area (Å²) >= 11 is 0. The molecule has 5 nitrogen and oxygen atoms in total. The second-order valence-corrected chi connectivity index (χ2v) is 4.00. The Hall–Kier alpha value is -1.10. The molecular formula is C10H18N2O3. The van der Waals surface area contributed by atoms with Crippen LogP contribution in [0.2, 0.25) is 0 Å². The SMILES string of the molecule is NC(=O)C(O)CNC(=O)C1CCCCC1. The first-order valence-corrected chi connectivity index (χ1v) is 5.36. The van der Waals surface area contributed by atoms with E-state index in [1.165, 1.54) is 6.42 Å². The van der Waals surface area contributed by atoms with E-state index in [-0.39, 0.29) is 18.4 Å². The third-order valence-corrected chi connectivity index (χ3v) is 2.77. The van der Waals surface area contributed by atoms with Crippen molar-refractivity contribution in [1.82, 2.24) is 5.32 Å². The quantitative estimate of drug-likeness (QED) is 0.590. The van der Waals surface area contributed by atoms with Gasteiger partial charge in [0.25, 0.3) is 0 Å². The van der Waals surface area contributed by atoms with Gasteiger partial charge >= 0.3 is 0 Å². The predicted octanol–water partition coefficient (Wildman–Crippen LogP) is -0.471. The molecule has 0 saturated heterocycles. The summed E-state index contributed by atoms with van der Waals surface area (Å²) in [4.78, 5) is 22.1. The standard InChI is InChI=1S/C10H18N2O3/c11-9(14)8(13)6-12-10(15)7-4-2-1-3-5-7/h7-8,13H,1-6H2,(H2,11,14)(H,12,15). The van der Waals surface area contributed by atoms with Gasteiger partial charge in [-0.3, -0.25) is 9.59 Å². The van der Waals surface area contributed by atoms with E-state index in [2.05, 4.69) is 5.32 Å². The average Bonchev–Trinajstić information content (AvgIpc) is 2.26. The van der Waals surface area contributed by atoms with E-state index in [1.54, 1.807) is 0 Å². The third kappa shape index (κ3) is 3.87. The molecule has 5 heteroatoms. The largest absolute Gasteiger partial charge is 0.381 e. The van der Waals surface area contributed by atoms with Crippen molar-refractivity contribution in [2.75, 3.05) is 6.54 Å². The summed E-state index contributed by atoms with van der Waals surface area (Å²) in [7, 11) is 0. The van der Waals surface area contributed by atoms with Crippen LogP contribution in [0.3, 0.4) is 0 Å². The molecule has 2 amide bonds. The van der Waals surface area contributed by atoms with Gasteiger partial charge in [-0.2, -0.15) is 0 Å². The Kier molecular flexibility index (Phi) is 4.55. The van der Waals surface area contributed by atoms with Gasteiger partial charge in [-0.15, -0.1) is 0 Å². The van der Waals surface area contributed by atoms with Crippen molar-refractivity contribution >= 4 is 11.8 Å². The maximum absolute atomic E-state index is 11.6. The zero-order valence-corrected chi connectivity index (χ0v) is 8.74. The number of hydrogen-bond donors (Lipinski definition) is 3. The molecule has 0 aromatic heterocycles. The first-order chi connectivity index (χ1) is 7.11. The number of aliphatic hydroxyl groups excluding tert-OH is 1. The lowest BCUT2D eigenvalue weighted by Crippen LogP contribution is -2.42. The molecule has 1 fully saturated rings. The molecule has 0 radical (unpaired) electrons. The summed E-state index contributed by atoms with van der Waals surface area (Å²) in [6.07, 6.45) is 3.87. The van der Waals surface area contributed by atoms with E-state index in [0.717, 1.165) is 25.7 Å². The number of nitrogens with one attached hydrogen (secondary N) is 1. The van der Waals surface area contributed by atoms with Crippen molar-refractivity contribution in [3.63, 3.8) is 0 Å². The first-order valence-electron chi connectivity index (χ1n) is 5.36. The monoisotopic (exact) mass is 214 g/mol. The van der Waals surface area contributed by atoms with Gasteiger partial charge in [-0.1, -0.05) is 19.3 Å². The van der Waals surface area contributed by atoms with E-state index in [1.807, 2.05) is 0 Å². The van der Waals surface area contributed by atoms with E-state index in [4.69, 9.17) is 10.8 Å². The van der Waals surface area contributed by atoms with E-state index >= 15 is 0 Å². The zero-order valence-electron chi connectivity index (χ0n) is 8.74. The van der Waals surface area contributed by atoms with Gasteiger partial charge in [0.15, 0.2) is 0 Å². The Morgan fingerprint density at radius 1 is 1.33 bits per heavy atom. The highest BCUT2D eigenvalue weighted by Crippen LogP contribution is 2.23. The summed E-state index contributed by atoms with van der Waals surface area (Å²) < 4.78 is 0. The lowest BCUT2D eigenvalue weighted by atomic mass is 9.88. The predicted molar refractivity (Wildman–Crippen MR) is 54.8 cm³/mol. The Morgan fingerprint density at radius 3 is 2.47 bits per heavy atom. The molecule has 1 unspecified atom stereocenters. The van der Waals surface area contributed by atoms with Crippen molar-refractivity contribution in [3.8, 4) is 0 Å². The molecule has 0 spiro atoms. The lowest BCUT2D eigenvalue weighted by Gasteiger charge is -2.21. The molecule has 1 saturated carbocycles. The molecule has 1 aliphatic rings. The van der Waals surface area contributed by atoms with Gasteiger partial charge in [-0.25, -0.2) is 0 Å². The highest BCUT2D eigenvalue weighted by atomic mass is 16.3. The molecule has 0 heterocycles. The molecule has 0 aromatic carbocycles. The topological polar surface area (TPSA) is 92.4 Å². The zero-order chi connectivity index (χ0) is 11.3. The Bertz CT molecular complexity index is 237. The fraction of sp³-hybridized carbons (Fsp3) is 0.800. The molecule has 4 N–H and O–H groups in total. The number of carbonyl (C=O) groups excluding carboxylic acids is 2. The molecule has 1 rings (SSSR count). The number of hydrogen-bond acceptors (Lipinski definition) is 3. The van der Waals surface area contributed by atoms with Crippen LogP contribution in [0.15, 0.2) is 0 Å². The van der Waals surface area contributed by atoms with Gasteiger partial charge in [-0.05, 0) is 12.8 Å². The van der Waals surface area contributed by atoms with Crippen LogP contribution in [0, 0.1) is 5.92 Å². The van der Waals surface area contributed by atoms with Gasteiger partial charge in [0.2, 0.25) is 11.8 Å². The highest BCUT2D eigenvalue weighted by Gasteiger charge is 2.22. The molecule has 0 aliphatic heterocycles. The fourth-order valence-electron chi connectivity index (χ4n) is 1.81. The Balaban J connectivity index is 2.25. The van der Waals surface area contributed by atoms with Crippen molar-refractivity contribution in [1.29, 1.82) is 0 Å².